The predicted molar refractivity (Wildman–Crippen MR) is 106 cm³/mol. The third-order valence-electron chi connectivity index (χ3n) is 3.40. The van der Waals surface area contributed by atoms with Crippen LogP contribution < -0.4 is 15.4 Å². The van der Waals surface area contributed by atoms with Crippen LogP contribution in [-0.4, -0.2) is 66.3 Å². The highest BCUT2D eigenvalue weighted by Crippen LogP contribution is 2.22. The molecule has 1 aromatic rings. The third kappa shape index (κ3) is 9.84. The van der Waals surface area contributed by atoms with Crippen LogP contribution in [0.15, 0.2) is 23.2 Å². The smallest absolute Gasteiger partial charge is 0.191 e. The largest absolute Gasteiger partial charge is 0.497 e. The summed E-state index contributed by atoms with van der Waals surface area (Å²) in [5.41, 5.74) is 1.03. The van der Waals surface area contributed by atoms with Crippen molar-refractivity contribution in [2.45, 2.75) is 13.3 Å². The fourth-order valence-corrected chi connectivity index (χ4v) is 2.74. The van der Waals surface area contributed by atoms with E-state index in [2.05, 4.69) is 15.6 Å². The van der Waals surface area contributed by atoms with Crippen LogP contribution in [-0.2, 0) is 21.0 Å². The number of halogens is 1. The molecule has 148 valence electrons. The number of hydrogen-bond donors (Lipinski definition) is 2. The van der Waals surface area contributed by atoms with Crippen molar-refractivity contribution < 1.29 is 17.9 Å². The van der Waals surface area contributed by atoms with E-state index >= 15 is 0 Å². The normalized spacial score (nSPS) is 12.1. The van der Waals surface area contributed by atoms with E-state index in [1.807, 2.05) is 19.1 Å². The van der Waals surface area contributed by atoms with E-state index in [9.17, 15) is 8.42 Å². The Labute approximate surface area is 161 Å². The Kier molecular flexibility index (Phi) is 10.4. The lowest BCUT2D eigenvalue weighted by molar-refractivity contribution is 0.157. The summed E-state index contributed by atoms with van der Waals surface area (Å²) < 4.78 is 32.4. The van der Waals surface area contributed by atoms with Crippen LogP contribution >= 0.6 is 11.6 Å². The first kappa shape index (κ1) is 22.5. The quantitative estimate of drug-likeness (QED) is 0.329. The van der Waals surface area contributed by atoms with Crippen molar-refractivity contribution in [1.29, 1.82) is 0 Å². The number of hydrogen-bond acceptors (Lipinski definition) is 5. The van der Waals surface area contributed by atoms with Gasteiger partial charge in [-0.25, -0.2) is 8.42 Å². The van der Waals surface area contributed by atoms with Gasteiger partial charge in [0.2, 0.25) is 0 Å². The van der Waals surface area contributed by atoms with E-state index in [-0.39, 0.29) is 12.4 Å². The van der Waals surface area contributed by atoms with E-state index in [0.717, 1.165) is 24.3 Å². The highest BCUT2D eigenvalue weighted by molar-refractivity contribution is 7.90. The molecule has 0 aromatic heterocycles. The monoisotopic (exact) mass is 405 g/mol. The summed E-state index contributed by atoms with van der Waals surface area (Å²) in [6, 6.07) is 5.63. The molecule has 2 N–H and O–H groups in total. The zero-order chi connectivity index (χ0) is 19.4. The van der Waals surface area contributed by atoms with Crippen molar-refractivity contribution in [3.63, 3.8) is 0 Å². The van der Waals surface area contributed by atoms with Crippen LogP contribution in [0.3, 0.4) is 0 Å². The summed E-state index contributed by atoms with van der Waals surface area (Å²) in [7, 11) is -1.38. The average molecular weight is 406 g/mol. The molecule has 0 radical (unpaired) electrons. The molecule has 0 aliphatic rings. The number of ether oxygens (including phenoxy) is 2. The number of guanidine groups is 1. The molecular formula is C17H28ClN3O4S. The maximum absolute atomic E-state index is 11.0. The molecule has 0 saturated carbocycles. The third-order valence-corrected chi connectivity index (χ3v) is 4.66. The zero-order valence-corrected chi connectivity index (χ0v) is 17.1. The van der Waals surface area contributed by atoms with Crippen LogP contribution in [0.25, 0.3) is 0 Å². The van der Waals surface area contributed by atoms with Crippen LogP contribution in [0.5, 0.6) is 5.75 Å². The van der Waals surface area contributed by atoms with E-state index in [1.165, 1.54) is 6.26 Å². The van der Waals surface area contributed by atoms with E-state index in [4.69, 9.17) is 21.1 Å². The highest BCUT2D eigenvalue weighted by Gasteiger charge is 2.04. The van der Waals surface area contributed by atoms with Gasteiger partial charge in [0.15, 0.2) is 5.96 Å². The number of methoxy groups -OCH3 is 1. The summed E-state index contributed by atoms with van der Waals surface area (Å²) in [6.45, 7) is 4.41. The Hall–Kier alpha value is -1.51. The van der Waals surface area contributed by atoms with Crippen LogP contribution in [0.4, 0.5) is 0 Å². The van der Waals surface area contributed by atoms with Gasteiger partial charge in [-0.2, -0.15) is 0 Å². The van der Waals surface area contributed by atoms with E-state index < -0.39 is 9.84 Å². The van der Waals surface area contributed by atoms with Crippen molar-refractivity contribution in [3.8, 4) is 5.75 Å². The van der Waals surface area contributed by atoms with Crippen LogP contribution in [0.1, 0.15) is 12.5 Å². The molecular weight excluding hydrogens is 378 g/mol. The topological polar surface area (TPSA) is 89.0 Å². The lowest BCUT2D eigenvalue weighted by Gasteiger charge is -2.12. The molecule has 26 heavy (non-hydrogen) atoms. The average Bonchev–Trinajstić information content (AvgIpc) is 2.58. The number of nitrogens with one attached hydrogen (secondary N) is 2. The summed E-state index contributed by atoms with van der Waals surface area (Å²) in [5.74, 6) is 1.44. The van der Waals surface area contributed by atoms with Gasteiger partial charge in [-0.3, -0.25) is 4.99 Å². The number of nitrogens with zero attached hydrogens (tertiary/aromatic N) is 1. The Morgan fingerprint density at radius 2 is 2.04 bits per heavy atom. The van der Waals surface area contributed by atoms with Gasteiger partial charge in [0, 0.05) is 24.4 Å². The molecule has 0 bridgehead atoms. The van der Waals surface area contributed by atoms with Crippen molar-refractivity contribution in [2.75, 3.05) is 52.0 Å². The number of benzene rings is 1. The van der Waals surface area contributed by atoms with Gasteiger partial charge < -0.3 is 20.1 Å². The summed E-state index contributed by atoms with van der Waals surface area (Å²) in [6.07, 6.45) is 1.94. The molecule has 0 aliphatic carbocycles. The maximum Gasteiger partial charge on any atom is 0.191 e. The van der Waals surface area contributed by atoms with Gasteiger partial charge >= 0.3 is 0 Å². The van der Waals surface area contributed by atoms with Crippen LogP contribution in [0.2, 0.25) is 5.02 Å². The first-order valence-corrected chi connectivity index (χ1v) is 10.9. The second-order valence-electron chi connectivity index (χ2n) is 5.64. The molecule has 0 aliphatic heterocycles. The number of sulfone groups is 1. The SMILES string of the molecule is CCNC(=NCCOCCS(C)(=O)=O)NCCc1ccc(OC)cc1Cl. The molecule has 0 unspecified atom stereocenters. The van der Waals surface area contributed by atoms with E-state index in [0.29, 0.717) is 30.7 Å². The Balaban J connectivity index is 2.37. The molecule has 0 heterocycles. The molecule has 0 atom stereocenters. The van der Waals surface area contributed by atoms with E-state index in [1.54, 1.807) is 13.2 Å². The minimum absolute atomic E-state index is 0.0254. The zero-order valence-electron chi connectivity index (χ0n) is 15.5. The summed E-state index contributed by atoms with van der Waals surface area (Å²) in [5, 5.41) is 7.06. The van der Waals surface area contributed by atoms with Crippen LogP contribution in [0, 0.1) is 0 Å². The minimum Gasteiger partial charge on any atom is -0.497 e. The van der Waals surface area contributed by atoms with Gasteiger partial charge in [-0.1, -0.05) is 17.7 Å². The van der Waals surface area contributed by atoms with Gasteiger partial charge in [0.25, 0.3) is 0 Å². The van der Waals surface area contributed by atoms with Gasteiger partial charge in [0.1, 0.15) is 15.6 Å². The number of rotatable bonds is 11. The molecule has 1 aromatic carbocycles. The fraction of sp³-hybridized carbons (Fsp3) is 0.588. The second-order valence-corrected chi connectivity index (χ2v) is 8.30. The van der Waals surface area contributed by atoms with Crippen molar-refractivity contribution in [2.24, 2.45) is 4.99 Å². The molecule has 0 saturated heterocycles. The Bertz CT molecular complexity index is 681. The Morgan fingerprint density at radius 1 is 1.27 bits per heavy atom. The van der Waals surface area contributed by atoms with Crippen molar-refractivity contribution in [3.05, 3.63) is 28.8 Å². The number of aliphatic imine (C=N–C) groups is 1. The second kappa shape index (κ2) is 12.0. The van der Waals surface area contributed by atoms with Crippen molar-refractivity contribution >= 4 is 27.4 Å². The minimum atomic E-state index is -2.99. The maximum atomic E-state index is 11.0. The Morgan fingerprint density at radius 3 is 2.65 bits per heavy atom. The van der Waals surface area contributed by atoms with Gasteiger partial charge in [-0.05, 0) is 31.0 Å². The first-order chi connectivity index (χ1) is 12.4. The summed E-state index contributed by atoms with van der Waals surface area (Å²) in [4.78, 5) is 4.40. The molecule has 9 heteroatoms. The van der Waals surface area contributed by atoms with Gasteiger partial charge in [-0.15, -0.1) is 0 Å². The first-order valence-electron chi connectivity index (χ1n) is 8.45. The fourth-order valence-electron chi connectivity index (χ4n) is 2.05. The molecule has 0 spiro atoms. The van der Waals surface area contributed by atoms with Crippen molar-refractivity contribution in [1.82, 2.24) is 10.6 Å². The molecule has 0 amide bonds. The van der Waals surface area contributed by atoms with Gasteiger partial charge in [0.05, 0.1) is 32.6 Å². The highest BCUT2D eigenvalue weighted by atomic mass is 35.5. The predicted octanol–water partition coefficient (Wildman–Crippen LogP) is 1.51. The summed E-state index contributed by atoms with van der Waals surface area (Å²) >= 11 is 6.24. The molecule has 0 fully saturated rings. The molecule has 1 rings (SSSR count). The standard InChI is InChI=1S/C17H28ClN3O4S/c1-4-19-17(21-9-10-25-11-12-26(3,22)23)20-8-7-14-5-6-15(24-2)13-16(14)18/h5-6,13H,4,7-12H2,1-3H3,(H2,19,20,21). The molecule has 7 nitrogen and oxygen atoms in total. The lowest BCUT2D eigenvalue weighted by atomic mass is 10.1. The lowest BCUT2D eigenvalue weighted by Crippen LogP contribution is -2.38.